The largest absolute Gasteiger partial charge is 0.383 e. The lowest BCUT2D eigenvalue weighted by atomic mass is 9.92. The van der Waals surface area contributed by atoms with Crippen LogP contribution in [-0.4, -0.2) is 63.3 Å². The first-order chi connectivity index (χ1) is 20.9. The van der Waals surface area contributed by atoms with Crippen LogP contribution in [-0.2, 0) is 4.74 Å². The molecule has 6 rings (SSSR count). The lowest BCUT2D eigenvalue weighted by Gasteiger charge is -2.31. The van der Waals surface area contributed by atoms with Crippen LogP contribution in [0.4, 0.5) is 10.2 Å². The summed E-state index contributed by atoms with van der Waals surface area (Å²) in [6.07, 6.45) is 5.03. The van der Waals surface area contributed by atoms with Gasteiger partial charge >= 0.3 is 0 Å². The molecular weight excluding hydrogens is 549 g/mol. The SMILES string of the molecule is COCCN1CCC(c2cc(-c3ccc(-c4ccn(-c5ccc(F)cc5)c(=O)c4C(N)=O)cc3)c3c(N)ncnn23)CC1. The molecular formula is C32H32FN7O3. The van der Waals surface area contributed by atoms with Crippen molar-refractivity contribution in [1.29, 1.82) is 0 Å². The van der Waals surface area contributed by atoms with Gasteiger partial charge in [0.2, 0.25) is 0 Å². The van der Waals surface area contributed by atoms with Gasteiger partial charge in [-0.2, -0.15) is 5.10 Å². The van der Waals surface area contributed by atoms with E-state index in [1.807, 2.05) is 28.8 Å². The number of aromatic nitrogens is 4. The van der Waals surface area contributed by atoms with Crippen LogP contribution in [0.1, 0.15) is 34.8 Å². The summed E-state index contributed by atoms with van der Waals surface area (Å²) in [4.78, 5) is 32.4. The van der Waals surface area contributed by atoms with E-state index < -0.39 is 17.3 Å². The van der Waals surface area contributed by atoms with Gasteiger partial charge in [0.25, 0.3) is 11.5 Å². The van der Waals surface area contributed by atoms with E-state index in [2.05, 4.69) is 21.0 Å². The van der Waals surface area contributed by atoms with Crippen molar-refractivity contribution >= 4 is 17.2 Å². The smallest absolute Gasteiger partial charge is 0.268 e. The van der Waals surface area contributed by atoms with Crippen molar-refractivity contribution in [3.63, 3.8) is 0 Å². The second-order valence-corrected chi connectivity index (χ2v) is 10.7. The molecule has 0 spiro atoms. The normalized spacial score (nSPS) is 14.4. The third-order valence-electron chi connectivity index (χ3n) is 8.18. The third-order valence-corrected chi connectivity index (χ3v) is 8.18. The van der Waals surface area contributed by atoms with E-state index in [1.54, 1.807) is 19.4 Å². The van der Waals surface area contributed by atoms with Crippen molar-refractivity contribution in [3.8, 4) is 27.9 Å². The zero-order valence-electron chi connectivity index (χ0n) is 23.7. The number of amides is 1. The predicted octanol–water partition coefficient (Wildman–Crippen LogP) is 3.86. The molecule has 10 nitrogen and oxygen atoms in total. The molecule has 5 aromatic rings. The average molecular weight is 582 g/mol. The number of carbonyl (C=O) groups excluding carboxylic acids is 1. The number of primary amides is 1. The van der Waals surface area contributed by atoms with E-state index in [9.17, 15) is 14.0 Å². The van der Waals surface area contributed by atoms with Crippen LogP contribution in [0.15, 0.2) is 78.0 Å². The predicted molar refractivity (Wildman–Crippen MR) is 163 cm³/mol. The highest BCUT2D eigenvalue weighted by Gasteiger charge is 2.26. The molecule has 43 heavy (non-hydrogen) atoms. The summed E-state index contributed by atoms with van der Waals surface area (Å²) >= 11 is 0. The van der Waals surface area contributed by atoms with Gasteiger partial charge in [-0.05, 0) is 73.5 Å². The van der Waals surface area contributed by atoms with E-state index in [1.165, 1.54) is 35.2 Å². The molecule has 0 bridgehead atoms. The van der Waals surface area contributed by atoms with Gasteiger partial charge in [-0.25, -0.2) is 13.9 Å². The van der Waals surface area contributed by atoms with Crippen molar-refractivity contribution in [1.82, 2.24) is 24.1 Å². The maximum absolute atomic E-state index is 13.4. The lowest BCUT2D eigenvalue weighted by Crippen LogP contribution is -2.35. The standard InChI is InChI=1S/C32H32FN7O3/c1-43-17-16-38-13-10-22(11-14-38)27-18-26(29-30(34)36-19-37-40(27)29)21-4-2-20(3-5-21)25-12-15-39(32(42)28(25)31(35)41)24-8-6-23(33)7-9-24/h2-9,12,15,18-19,22H,10-11,13-14,16-17H2,1H3,(H2,35,41)(H2,34,36,37). The van der Waals surface area contributed by atoms with Crippen molar-refractivity contribution in [2.24, 2.45) is 5.73 Å². The fraction of sp³-hybridized carbons (Fsp3) is 0.250. The Kier molecular flexibility index (Phi) is 7.75. The molecule has 2 aromatic carbocycles. The number of rotatable bonds is 8. The molecule has 0 unspecified atom stereocenters. The zero-order chi connectivity index (χ0) is 30.1. The van der Waals surface area contributed by atoms with E-state index in [-0.39, 0.29) is 5.56 Å². The first kappa shape index (κ1) is 28.3. The second kappa shape index (κ2) is 11.8. The van der Waals surface area contributed by atoms with Gasteiger partial charge in [0.1, 0.15) is 23.2 Å². The Labute approximate surface area is 247 Å². The number of nitrogens with two attached hydrogens (primary N) is 2. The van der Waals surface area contributed by atoms with Gasteiger partial charge in [-0.1, -0.05) is 24.3 Å². The fourth-order valence-corrected chi connectivity index (χ4v) is 5.92. The summed E-state index contributed by atoms with van der Waals surface area (Å²) in [7, 11) is 1.72. The molecule has 1 amide bonds. The number of piperidine rings is 1. The Bertz CT molecular complexity index is 1840. The highest BCUT2D eigenvalue weighted by molar-refractivity contribution is 5.99. The van der Waals surface area contributed by atoms with Gasteiger partial charge in [-0.3, -0.25) is 14.2 Å². The minimum Gasteiger partial charge on any atom is -0.383 e. The number of hydrogen-bond donors (Lipinski definition) is 2. The molecule has 0 radical (unpaired) electrons. The number of methoxy groups -OCH3 is 1. The van der Waals surface area contributed by atoms with Crippen molar-refractivity contribution in [2.45, 2.75) is 18.8 Å². The van der Waals surface area contributed by atoms with E-state index >= 15 is 0 Å². The molecule has 1 fully saturated rings. The highest BCUT2D eigenvalue weighted by Crippen LogP contribution is 2.37. The Morgan fingerprint density at radius 1 is 1.02 bits per heavy atom. The van der Waals surface area contributed by atoms with Crippen LogP contribution in [0.5, 0.6) is 0 Å². The quantitative estimate of drug-likeness (QED) is 0.284. The number of fused-ring (bicyclic) bond motifs is 1. The maximum atomic E-state index is 13.4. The molecule has 1 aliphatic rings. The zero-order valence-corrected chi connectivity index (χ0v) is 23.7. The Morgan fingerprint density at radius 2 is 1.70 bits per heavy atom. The van der Waals surface area contributed by atoms with Gasteiger partial charge in [0.15, 0.2) is 5.82 Å². The van der Waals surface area contributed by atoms with Crippen LogP contribution in [0.2, 0.25) is 0 Å². The fourth-order valence-electron chi connectivity index (χ4n) is 5.92. The summed E-state index contributed by atoms with van der Waals surface area (Å²) in [5.41, 5.74) is 16.4. The van der Waals surface area contributed by atoms with Crippen LogP contribution >= 0.6 is 0 Å². The monoisotopic (exact) mass is 581 g/mol. The van der Waals surface area contributed by atoms with Crippen molar-refractivity contribution < 1.29 is 13.9 Å². The molecule has 1 aliphatic heterocycles. The molecule has 1 saturated heterocycles. The van der Waals surface area contributed by atoms with Gasteiger partial charge < -0.3 is 21.1 Å². The molecule has 0 saturated carbocycles. The highest BCUT2D eigenvalue weighted by atomic mass is 19.1. The van der Waals surface area contributed by atoms with E-state index in [4.69, 9.17) is 16.2 Å². The number of nitrogen functional groups attached to an aromatic ring is 1. The first-order valence-corrected chi connectivity index (χ1v) is 14.1. The first-order valence-electron chi connectivity index (χ1n) is 14.1. The number of carbonyl (C=O) groups is 1. The molecule has 4 heterocycles. The Morgan fingerprint density at radius 3 is 2.35 bits per heavy atom. The number of hydrogen-bond acceptors (Lipinski definition) is 7. The molecule has 11 heteroatoms. The van der Waals surface area contributed by atoms with Gasteiger partial charge in [0, 0.05) is 48.3 Å². The number of anilines is 1. The summed E-state index contributed by atoms with van der Waals surface area (Å²) in [6, 6.07) is 16.8. The third kappa shape index (κ3) is 5.40. The van der Waals surface area contributed by atoms with Crippen LogP contribution in [0.25, 0.3) is 33.5 Å². The number of ether oxygens (including phenoxy) is 1. The minimum atomic E-state index is -0.846. The molecule has 4 N–H and O–H groups in total. The number of halogens is 1. The number of likely N-dealkylation sites (tertiary alicyclic amines) is 1. The van der Waals surface area contributed by atoms with E-state index in [0.717, 1.165) is 61.4 Å². The molecule has 0 atom stereocenters. The number of benzene rings is 2. The second-order valence-electron chi connectivity index (χ2n) is 10.7. The summed E-state index contributed by atoms with van der Waals surface area (Å²) in [6.45, 7) is 3.60. The van der Waals surface area contributed by atoms with E-state index in [0.29, 0.717) is 28.6 Å². The Hall–Kier alpha value is -4.87. The summed E-state index contributed by atoms with van der Waals surface area (Å²) in [5.74, 6) is -0.567. The Balaban J connectivity index is 1.35. The lowest BCUT2D eigenvalue weighted by molar-refractivity contribution is 0.0999. The molecule has 0 aliphatic carbocycles. The summed E-state index contributed by atoms with van der Waals surface area (Å²) < 4.78 is 21.8. The minimum absolute atomic E-state index is 0.148. The van der Waals surface area contributed by atoms with Crippen molar-refractivity contribution in [3.05, 3.63) is 101 Å². The van der Waals surface area contributed by atoms with Crippen LogP contribution in [0.3, 0.4) is 0 Å². The van der Waals surface area contributed by atoms with Crippen LogP contribution in [0, 0.1) is 5.82 Å². The summed E-state index contributed by atoms with van der Waals surface area (Å²) in [5, 5.41) is 4.56. The molecule has 3 aromatic heterocycles. The van der Waals surface area contributed by atoms with Crippen molar-refractivity contribution in [2.75, 3.05) is 39.1 Å². The average Bonchev–Trinajstić information content (AvgIpc) is 3.41. The van der Waals surface area contributed by atoms with Crippen LogP contribution < -0.4 is 17.0 Å². The van der Waals surface area contributed by atoms with Gasteiger partial charge in [0.05, 0.1) is 6.61 Å². The number of nitrogens with zero attached hydrogens (tertiary/aromatic N) is 5. The molecule has 220 valence electrons. The maximum Gasteiger partial charge on any atom is 0.268 e. The topological polar surface area (TPSA) is 134 Å². The van der Waals surface area contributed by atoms with Gasteiger partial charge in [-0.15, -0.1) is 0 Å². The number of pyridine rings is 1.